The lowest BCUT2D eigenvalue weighted by Gasteiger charge is -2.08. The lowest BCUT2D eigenvalue weighted by atomic mass is 10.1. The van der Waals surface area contributed by atoms with Crippen molar-refractivity contribution in [2.45, 2.75) is 20.0 Å². The molecule has 2 aromatic carbocycles. The van der Waals surface area contributed by atoms with E-state index in [0.717, 1.165) is 21.8 Å². The van der Waals surface area contributed by atoms with Crippen LogP contribution >= 0.6 is 11.3 Å². The molecule has 0 radical (unpaired) electrons. The van der Waals surface area contributed by atoms with E-state index in [1.807, 2.05) is 66.9 Å². The minimum Gasteiger partial charge on any atom is -0.487 e. The number of aromatic nitrogens is 1. The average Bonchev–Trinajstić information content (AvgIpc) is 3.20. The highest BCUT2D eigenvalue weighted by Gasteiger charge is 2.05. The fourth-order valence-electron chi connectivity index (χ4n) is 2.83. The van der Waals surface area contributed by atoms with Gasteiger partial charge >= 0.3 is 0 Å². The maximum Gasteiger partial charge on any atom is 0.244 e. The summed E-state index contributed by atoms with van der Waals surface area (Å²) in [5.74, 6) is 0.380. The number of nitrogens with zero attached hydrogens (tertiary/aromatic N) is 1. The van der Waals surface area contributed by atoms with Crippen molar-refractivity contribution in [1.29, 1.82) is 0 Å². The third kappa shape index (κ3) is 7.71. The molecule has 0 unspecified atom stereocenters. The summed E-state index contributed by atoms with van der Waals surface area (Å²) in [6.45, 7) is 3.06. The summed E-state index contributed by atoms with van der Waals surface area (Å²) >= 11 is 1.58. The lowest BCUT2D eigenvalue weighted by molar-refractivity contribution is -0.121. The highest BCUT2D eigenvalue weighted by Crippen LogP contribution is 2.21. The summed E-state index contributed by atoms with van der Waals surface area (Å²) in [6, 6.07) is 17.1. The standard InChI is InChI=1S/C24H25N3O3S/c1-18-27-21(17-31-18)16-30-22-10-6-5-9-20(22)11-12-23(28)25-13-14-26-24(29)15-19-7-3-2-4-8-19/h2-12,17H,13-16H2,1H3,(H,25,28)(H,26,29)/b12-11+. The van der Waals surface area contributed by atoms with Gasteiger partial charge in [0, 0.05) is 30.1 Å². The van der Waals surface area contributed by atoms with E-state index in [1.54, 1.807) is 17.4 Å². The Morgan fingerprint density at radius 2 is 1.77 bits per heavy atom. The monoisotopic (exact) mass is 435 g/mol. The molecular formula is C24H25N3O3S. The first-order chi connectivity index (χ1) is 15.1. The van der Waals surface area contributed by atoms with Crippen LogP contribution in [0.2, 0.25) is 0 Å². The van der Waals surface area contributed by atoms with Crippen molar-refractivity contribution < 1.29 is 14.3 Å². The largest absolute Gasteiger partial charge is 0.487 e. The summed E-state index contributed by atoms with van der Waals surface area (Å²) in [7, 11) is 0. The van der Waals surface area contributed by atoms with Crippen LogP contribution in [0.25, 0.3) is 6.08 Å². The maximum atomic E-state index is 12.1. The van der Waals surface area contributed by atoms with Crippen LogP contribution in [-0.2, 0) is 22.6 Å². The molecule has 0 aliphatic rings. The summed E-state index contributed by atoms with van der Waals surface area (Å²) in [4.78, 5) is 28.4. The Kier molecular flexibility index (Phi) is 8.37. The average molecular weight is 436 g/mol. The third-order valence-electron chi connectivity index (χ3n) is 4.33. The van der Waals surface area contributed by atoms with Crippen molar-refractivity contribution in [2.24, 2.45) is 0 Å². The van der Waals surface area contributed by atoms with Gasteiger partial charge in [-0.25, -0.2) is 4.98 Å². The molecule has 1 heterocycles. The van der Waals surface area contributed by atoms with Gasteiger partial charge in [-0.1, -0.05) is 48.5 Å². The Morgan fingerprint density at radius 3 is 2.55 bits per heavy atom. The van der Waals surface area contributed by atoms with Crippen LogP contribution in [0.3, 0.4) is 0 Å². The van der Waals surface area contributed by atoms with Gasteiger partial charge in [0.25, 0.3) is 0 Å². The van der Waals surface area contributed by atoms with E-state index in [9.17, 15) is 9.59 Å². The van der Waals surface area contributed by atoms with Crippen molar-refractivity contribution in [1.82, 2.24) is 15.6 Å². The van der Waals surface area contributed by atoms with E-state index < -0.39 is 0 Å². The number of hydrogen-bond donors (Lipinski definition) is 2. The highest BCUT2D eigenvalue weighted by molar-refractivity contribution is 7.09. The van der Waals surface area contributed by atoms with Crippen molar-refractivity contribution >= 4 is 29.2 Å². The van der Waals surface area contributed by atoms with Gasteiger partial charge in [0.15, 0.2) is 0 Å². The number of aryl methyl sites for hydroxylation is 1. The number of amides is 2. The van der Waals surface area contributed by atoms with Crippen LogP contribution in [-0.4, -0.2) is 29.9 Å². The molecule has 3 aromatic rings. The van der Waals surface area contributed by atoms with Gasteiger partial charge in [-0.05, 0) is 24.6 Å². The van der Waals surface area contributed by atoms with Crippen LogP contribution in [0.15, 0.2) is 66.1 Å². The number of ether oxygens (including phenoxy) is 1. The van der Waals surface area contributed by atoms with Gasteiger partial charge in [-0.3, -0.25) is 9.59 Å². The van der Waals surface area contributed by atoms with E-state index in [1.165, 1.54) is 6.08 Å². The molecule has 2 amide bonds. The Bertz CT molecular complexity index is 1030. The molecule has 0 aliphatic carbocycles. The second-order valence-corrected chi connectivity index (χ2v) is 7.88. The van der Waals surface area contributed by atoms with Gasteiger partial charge in [0.2, 0.25) is 11.8 Å². The normalized spacial score (nSPS) is 10.7. The van der Waals surface area contributed by atoms with Crippen molar-refractivity contribution in [3.8, 4) is 5.75 Å². The maximum absolute atomic E-state index is 12.1. The molecule has 0 bridgehead atoms. The van der Waals surface area contributed by atoms with Crippen molar-refractivity contribution in [3.63, 3.8) is 0 Å². The van der Waals surface area contributed by atoms with Gasteiger partial charge in [-0.15, -0.1) is 11.3 Å². The molecule has 6 nitrogen and oxygen atoms in total. The number of carbonyl (C=O) groups is 2. The zero-order valence-electron chi connectivity index (χ0n) is 17.3. The molecular weight excluding hydrogens is 410 g/mol. The molecule has 1 aromatic heterocycles. The van der Waals surface area contributed by atoms with E-state index in [0.29, 0.717) is 31.9 Å². The predicted octanol–water partition coefficient (Wildman–Crippen LogP) is 3.52. The first-order valence-electron chi connectivity index (χ1n) is 9.99. The molecule has 31 heavy (non-hydrogen) atoms. The van der Waals surface area contributed by atoms with Crippen LogP contribution in [0, 0.1) is 6.92 Å². The predicted molar refractivity (Wildman–Crippen MR) is 123 cm³/mol. The zero-order valence-corrected chi connectivity index (χ0v) is 18.2. The number of carbonyl (C=O) groups excluding carboxylic acids is 2. The Balaban J connectivity index is 1.41. The Hall–Kier alpha value is -3.45. The van der Waals surface area contributed by atoms with E-state index in [-0.39, 0.29) is 11.8 Å². The molecule has 0 atom stereocenters. The number of nitrogens with one attached hydrogen (secondary N) is 2. The van der Waals surface area contributed by atoms with Gasteiger partial charge in [-0.2, -0.15) is 0 Å². The highest BCUT2D eigenvalue weighted by atomic mass is 32.1. The molecule has 0 fully saturated rings. The van der Waals surface area contributed by atoms with Gasteiger partial charge in [0.05, 0.1) is 17.1 Å². The molecule has 0 saturated carbocycles. The SMILES string of the molecule is Cc1nc(COc2ccccc2/C=C/C(=O)NCCNC(=O)Cc2ccccc2)cs1. The van der Waals surface area contributed by atoms with Gasteiger partial charge < -0.3 is 15.4 Å². The van der Waals surface area contributed by atoms with Crippen LogP contribution in [0.4, 0.5) is 0 Å². The Morgan fingerprint density at radius 1 is 1.03 bits per heavy atom. The first kappa shape index (κ1) is 22.2. The zero-order chi connectivity index (χ0) is 21.9. The van der Waals surface area contributed by atoms with E-state index in [4.69, 9.17) is 4.74 Å². The lowest BCUT2D eigenvalue weighted by Crippen LogP contribution is -2.34. The number of rotatable bonds is 10. The fourth-order valence-corrected chi connectivity index (χ4v) is 3.43. The van der Waals surface area contributed by atoms with Crippen molar-refractivity contribution in [2.75, 3.05) is 13.1 Å². The summed E-state index contributed by atoms with van der Waals surface area (Å²) in [5.41, 5.74) is 2.65. The number of thiazole rings is 1. The van der Waals surface area contributed by atoms with Gasteiger partial charge in [0.1, 0.15) is 12.4 Å². The fraction of sp³-hybridized carbons (Fsp3) is 0.208. The molecule has 160 valence electrons. The van der Waals surface area contributed by atoms with E-state index >= 15 is 0 Å². The molecule has 0 saturated heterocycles. The molecule has 7 heteroatoms. The molecule has 0 spiro atoms. The van der Waals surface area contributed by atoms with Crippen LogP contribution in [0.1, 0.15) is 21.8 Å². The third-order valence-corrected chi connectivity index (χ3v) is 5.15. The van der Waals surface area contributed by atoms with Crippen molar-refractivity contribution in [3.05, 3.63) is 87.9 Å². The number of para-hydroxylation sites is 1. The summed E-state index contributed by atoms with van der Waals surface area (Å²) in [5, 5.41) is 8.53. The molecule has 3 rings (SSSR count). The summed E-state index contributed by atoms with van der Waals surface area (Å²) < 4.78 is 5.86. The smallest absolute Gasteiger partial charge is 0.244 e. The molecule has 2 N–H and O–H groups in total. The Labute approximate surface area is 186 Å². The minimum atomic E-state index is -0.234. The molecule has 0 aliphatic heterocycles. The number of hydrogen-bond acceptors (Lipinski definition) is 5. The first-order valence-corrected chi connectivity index (χ1v) is 10.9. The summed E-state index contributed by atoms with van der Waals surface area (Å²) in [6.07, 6.45) is 3.50. The van der Waals surface area contributed by atoms with Crippen LogP contribution in [0.5, 0.6) is 5.75 Å². The van der Waals surface area contributed by atoms with E-state index in [2.05, 4.69) is 15.6 Å². The quantitative estimate of drug-likeness (QED) is 0.377. The minimum absolute atomic E-state index is 0.0719. The topological polar surface area (TPSA) is 80.3 Å². The second-order valence-electron chi connectivity index (χ2n) is 6.82. The van der Waals surface area contributed by atoms with Crippen LogP contribution < -0.4 is 15.4 Å². The number of benzene rings is 2. The second kappa shape index (κ2) is 11.7.